The van der Waals surface area contributed by atoms with E-state index in [-0.39, 0.29) is 31.1 Å². The summed E-state index contributed by atoms with van der Waals surface area (Å²) in [5.41, 5.74) is 6.45. The van der Waals surface area contributed by atoms with Crippen LogP contribution in [-0.2, 0) is 9.59 Å². The summed E-state index contributed by atoms with van der Waals surface area (Å²) in [6, 6.07) is 18.5. The van der Waals surface area contributed by atoms with Crippen molar-refractivity contribution in [3.63, 3.8) is 0 Å². The van der Waals surface area contributed by atoms with E-state index in [1.54, 1.807) is 13.8 Å². The molecule has 0 saturated heterocycles. The van der Waals surface area contributed by atoms with Gasteiger partial charge in [-0.05, 0) is 18.6 Å². The Bertz CT molecular complexity index is 1070. The zero-order valence-electron chi connectivity index (χ0n) is 17.6. The van der Waals surface area contributed by atoms with Crippen molar-refractivity contribution >= 4 is 17.6 Å². The number of benzene rings is 2. The molecule has 0 fully saturated rings. The van der Waals surface area contributed by atoms with Crippen LogP contribution in [0.3, 0.4) is 0 Å². The molecule has 2 amide bonds. The molecule has 7 nitrogen and oxygen atoms in total. The van der Waals surface area contributed by atoms with Gasteiger partial charge in [0.1, 0.15) is 5.69 Å². The number of ketones is 1. The molecule has 0 unspecified atom stereocenters. The van der Waals surface area contributed by atoms with Crippen LogP contribution in [0.1, 0.15) is 37.2 Å². The number of oxazole rings is 1. The number of carbonyl (C=O) groups excluding carboxylic acids is 3. The maximum Gasteiger partial charge on any atom is 0.227 e. The fraction of sp³-hybridized carbons (Fsp3) is 0.250. The fourth-order valence-electron chi connectivity index (χ4n) is 2.90. The number of primary amides is 1. The number of Topliss-reactive ketones (excluding diaryl/α,β-unsaturated/α-hetero) is 1. The highest BCUT2D eigenvalue weighted by atomic mass is 16.4. The molecule has 2 aromatic carbocycles. The van der Waals surface area contributed by atoms with Crippen LogP contribution in [0.15, 0.2) is 65.1 Å². The smallest absolute Gasteiger partial charge is 0.227 e. The van der Waals surface area contributed by atoms with E-state index in [4.69, 9.17) is 10.2 Å². The lowest BCUT2D eigenvalue weighted by Gasteiger charge is -2.19. The molecule has 0 aliphatic carbocycles. The van der Waals surface area contributed by atoms with Gasteiger partial charge in [-0.3, -0.25) is 14.4 Å². The number of amides is 2. The SMILES string of the molecule is CC(C)(CCC(=O)NCC(=O)c1oc(-c2ccccc2)nc1-c1ccccc1)C(N)=O. The largest absolute Gasteiger partial charge is 0.432 e. The van der Waals surface area contributed by atoms with Crippen LogP contribution < -0.4 is 11.1 Å². The molecule has 0 saturated carbocycles. The van der Waals surface area contributed by atoms with Crippen LogP contribution in [0.5, 0.6) is 0 Å². The monoisotopic (exact) mass is 419 g/mol. The van der Waals surface area contributed by atoms with E-state index in [9.17, 15) is 14.4 Å². The predicted octanol–water partition coefficient (Wildman–Crippen LogP) is 3.60. The van der Waals surface area contributed by atoms with Gasteiger partial charge in [-0.25, -0.2) is 4.98 Å². The number of nitrogens with one attached hydrogen (secondary N) is 1. The molecule has 0 aliphatic heterocycles. The molecular formula is C24H25N3O4. The molecule has 3 rings (SSSR count). The molecule has 0 atom stereocenters. The molecule has 0 spiro atoms. The quantitative estimate of drug-likeness (QED) is 0.514. The first-order chi connectivity index (χ1) is 14.8. The molecule has 3 N–H and O–H groups in total. The van der Waals surface area contributed by atoms with Gasteiger partial charge in [0, 0.05) is 23.0 Å². The van der Waals surface area contributed by atoms with E-state index in [1.807, 2.05) is 60.7 Å². The topological polar surface area (TPSA) is 115 Å². The van der Waals surface area contributed by atoms with Crippen molar-refractivity contribution < 1.29 is 18.8 Å². The maximum absolute atomic E-state index is 12.9. The Kier molecular flexibility index (Phi) is 6.65. The van der Waals surface area contributed by atoms with Crippen LogP contribution in [0.4, 0.5) is 0 Å². The van der Waals surface area contributed by atoms with E-state index >= 15 is 0 Å². The Morgan fingerprint density at radius 1 is 0.968 bits per heavy atom. The second-order valence-electron chi connectivity index (χ2n) is 7.88. The van der Waals surface area contributed by atoms with Crippen LogP contribution in [-0.4, -0.2) is 29.1 Å². The fourth-order valence-corrected chi connectivity index (χ4v) is 2.90. The summed E-state index contributed by atoms with van der Waals surface area (Å²) in [5.74, 6) is -0.790. The van der Waals surface area contributed by atoms with Crippen molar-refractivity contribution in [1.82, 2.24) is 10.3 Å². The second-order valence-corrected chi connectivity index (χ2v) is 7.88. The summed E-state index contributed by atoms with van der Waals surface area (Å²) in [4.78, 5) is 41.0. The minimum atomic E-state index is -0.794. The van der Waals surface area contributed by atoms with E-state index in [0.717, 1.165) is 11.1 Å². The lowest BCUT2D eigenvalue weighted by atomic mass is 9.87. The molecule has 1 heterocycles. The number of hydrogen-bond donors (Lipinski definition) is 2. The van der Waals surface area contributed by atoms with Gasteiger partial charge < -0.3 is 15.5 Å². The van der Waals surface area contributed by atoms with Crippen LogP contribution in [0.2, 0.25) is 0 Å². The molecule has 0 bridgehead atoms. The van der Waals surface area contributed by atoms with E-state index in [1.165, 1.54) is 0 Å². The number of nitrogens with zero attached hydrogens (tertiary/aromatic N) is 1. The third kappa shape index (κ3) is 5.45. The summed E-state index contributed by atoms with van der Waals surface area (Å²) < 4.78 is 5.82. The minimum absolute atomic E-state index is 0.0838. The number of aromatic nitrogens is 1. The van der Waals surface area contributed by atoms with Crippen molar-refractivity contribution in [3.8, 4) is 22.7 Å². The molecule has 0 radical (unpaired) electrons. The van der Waals surface area contributed by atoms with Crippen molar-refractivity contribution in [1.29, 1.82) is 0 Å². The normalized spacial score (nSPS) is 11.2. The molecule has 0 aliphatic rings. The summed E-state index contributed by atoms with van der Waals surface area (Å²) in [7, 11) is 0. The Balaban J connectivity index is 1.76. The first-order valence-electron chi connectivity index (χ1n) is 9.99. The predicted molar refractivity (Wildman–Crippen MR) is 117 cm³/mol. The second kappa shape index (κ2) is 9.38. The van der Waals surface area contributed by atoms with Crippen molar-refractivity contribution in [2.24, 2.45) is 11.1 Å². The highest BCUT2D eigenvalue weighted by Crippen LogP contribution is 2.29. The molecule has 31 heavy (non-hydrogen) atoms. The lowest BCUT2D eigenvalue weighted by molar-refractivity contribution is -0.127. The van der Waals surface area contributed by atoms with Crippen LogP contribution >= 0.6 is 0 Å². The van der Waals surface area contributed by atoms with Gasteiger partial charge in [-0.2, -0.15) is 0 Å². The summed E-state index contributed by atoms with van der Waals surface area (Å²) in [6.45, 7) is 3.12. The van der Waals surface area contributed by atoms with E-state index in [0.29, 0.717) is 11.6 Å². The molecule has 3 aromatic rings. The zero-order chi connectivity index (χ0) is 22.4. The van der Waals surface area contributed by atoms with Crippen molar-refractivity contribution in [2.75, 3.05) is 6.54 Å². The number of hydrogen-bond acceptors (Lipinski definition) is 5. The van der Waals surface area contributed by atoms with E-state index < -0.39 is 17.1 Å². The first kappa shape index (κ1) is 22.0. The average Bonchev–Trinajstić information content (AvgIpc) is 3.23. The van der Waals surface area contributed by atoms with Gasteiger partial charge in [0.15, 0.2) is 0 Å². The third-order valence-corrected chi connectivity index (χ3v) is 5.04. The summed E-state index contributed by atoms with van der Waals surface area (Å²) in [5, 5.41) is 2.59. The van der Waals surface area contributed by atoms with Gasteiger partial charge >= 0.3 is 0 Å². The highest BCUT2D eigenvalue weighted by Gasteiger charge is 2.26. The van der Waals surface area contributed by atoms with Gasteiger partial charge in [0.2, 0.25) is 29.2 Å². The number of nitrogens with two attached hydrogens (primary N) is 1. The lowest BCUT2D eigenvalue weighted by Crippen LogP contribution is -2.34. The van der Waals surface area contributed by atoms with Crippen LogP contribution in [0, 0.1) is 5.41 Å². The van der Waals surface area contributed by atoms with Gasteiger partial charge in [-0.1, -0.05) is 62.4 Å². The Hall–Kier alpha value is -3.74. The Morgan fingerprint density at radius 3 is 2.13 bits per heavy atom. The van der Waals surface area contributed by atoms with Crippen LogP contribution in [0.25, 0.3) is 22.7 Å². The standard InChI is InChI=1S/C24H25N3O4/c1-24(2,23(25)30)14-13-19(29)26-15-18(28)21-20(16-9-5-3-6-10-16)27-22(31-21)17-11-7-4-8-12-17/h3-12H,13-15H2,1-2H3,(H2,25,30)(H,26,29). The Labute approximate surface area is 180 Å². The van der Waals surface area contributed by atoms with Crippen molar-refractivity contribution in [3.05, 3.63) is 66.4 Å². The minimum Gasteiger partial charge on any atom is -0.432 e. The number of carbonyl (C=O) groups is 3. The highest BCUT2D eigenvalue weighted by molar-refractivity contribution is 6.02. The molecular weight excluding hydrogens is 394 g/mol. The third-order valence-electron chi connectivity index (χ3n) is 5.04. The molecule has 160 valence electrons. The Morgan fingerprint density at radius 2 is 1.55 bits per heavy atom. The van der Waals surface area contributed by atoms with Gasteiger partial charge in [0.25, 0.3) is 0 Å². The summed E-state index contributed by atoms with van der Waals surface area (Å²) >= 11 is 0. The zero-order valence-corrected chi connectivity index (χ0v) is 17.6. The molecule has 7 heteroatoms. The molecule has 1 aromatic heterocycles. The number of rotatable bonds is 9. The first-order valence-corrected chi connectivity index (χ1v) is 9.99. The van der Waals surface area contributed by atoms with Gasteiger partial charge in [0.05, 0.1) is 6.54 Å². The van der Waals surface area contributed by atoms with E-state index in [2.05, 4.69) is 10.3 Å². The van der Waals surface area contributed by atoms with Crippen molar-refractivity contribution in [2.45, 2.75) is 26.7 Å². The average molecular weight is 419 g/mol. The summed E-state index contributed by atoms with van der Waals surface area (Å²) in [6.07, 6.45) is 0.374. The maximum atomic E-state index is 12.9. The van der Waals surface area contributed by atoms with Gasteiger partial charge in [-0.15, -0.1) is 0 Å².